The van der Waals surface area contributed by atoms with Crippen molar-refractivity contribution in [2.24, 2.45) is 0 Å². The molecule has 0 saturated carbocycles. The van der Waals surface area contributed by atoms with Crippen molar-refractivity contribution in [3.63, 3.8) is 0 Å². The van der Waals surface area contributed by atoms with Crippen LogP contribution in [0.2, 0.25) is 0 Å². The van der Waals surface area contributed by atoms with E-state index in [9.17, 15) is 14.7 Å². The van der Waals surface area contributed by atoms with Crippen molar-refractivity contribution in [2.45, 2.75) is 50.7 Å². The average Bonchev–Trinajstić information content (AvgIpc) is 3.04. The summed E-state index contributed by atoms with van der Waals surface area (Å²) in [6, 6.07) is 0. The maximum absolute atomic E-state index is 12.1. The van der Waals surface area contributed by atoms with E-state index >= 15 is 0 Å². The fourth-order valence-electron chi connectivity index (χ4n) is 2.87. The molecule has 2 atom stereocenters. The van der Waals surface area contributed by atoms with Crippen LogP contribution in [0, 0.1) is 0 Å². The number of likely N-dealkylation sites (tertiary alicyclic amines) is 1. The second kappa shape index (κ2) is 6.54. The lowest BCUT2D eigenvalue weighted by Crippen LogP contribution is -2.51. The SMILES string of the molecule is CC1(C(=O)O)CCCN1C(=O)CCOCC1CCCO1. The number of carbonyl (C=O) groups is 2. The molecular weight excluding hydrogens is 262 g/mol. The number of carboxylic acid groups (broad SMARTS) is 1. The molecule has 6 heteroatoms. The highest BCUT2D eigenvalue weighted by molar-refractivity contribution is 5.87. The van der Waals surface area contributed by atoms with E-state index in [0.29, 0.717) is 26.2 Å². The van der Waals surface area contributed by atoms with Crippen LogP contribution in [0.3, 0.4) is 0 Å². The van der Waals surface area contributed by atoms with Gasteiger partial charge in [-0.2, -0.15) is 0 Å². The van der Waals surface area contributed by atoms with Crippen LogP contribution in [0.25, 0.3) is 0 Å². The Kier molecular flexibility index (Phi) is 4.99. The van der Waals surface area contributed by atoms with Crippen LogP contribution in [0.4, 0.5) is 0 Å². The molecule has 6 nitrogen and oxygen atoms in total. The summed E-state index contributed by atoms with van der Waals surface area (Å²) in [7, 11) is 0. The normalized spacial score (nSPS) is 29.9. The molecule has 0 aromatic heterocycles. The van der Waals surface area contributed by atoms with E-state index in [1.54, 1.807) is 6.92 Å². The Labute approximate surface area is 119 Å². The lowest BCUT2D eigenvalue weighted by Gasteiger charge is -2.31. The number of rotatable bonds is 6. The first-order chi connectivity index (χ1) is 9.54. The van der Waals surface area contributed by atoms with Gasteiger partial charge in [0.1, 0.15) is 5.54 Å². The maximum atomic E-state index is 12.1. The van der Waals surface area contributed by atoms with Crippen LogP contribution in [0.5, 0.6) is 0 Å². The van der Waals surface area contributed by atoms with Crippen molar-refractivity contribution in [3.05, 3.63) is 0 Å². The molecule has 2 rings (SSSR count). The van der Waals surface area contributed by atoms with Crippen LogP contribution in [-0.2, 0) is 19.1 Å². The molecule has 2 fully saturated rings. The third-order valence-electron chi connectivity index (χ3n) is 4.19. The zero-order chi connectivity index (χ0) is 14.6. The van der Waals surface area contributed by atoms with Crippen molar-refractivity contribution in [1.29, 1.82) is 0 Å². The van der Waals surface area contributed by atoms with Crippen molar-refractivity contribution >= 4 is 11.9 Å². The quantitative estimate of drug-likeness (QED) is 0.738. The number of ether oxygens (including phenoxy) is 2. The molecular formula is C14H23NO5. The molecule has 0 spiro atoms. The van der Waals surface area contributed by atoms with Gasteiger partial charge in [-0.25, -0.2) is 4.79 Å². The van der Waals surface area contributed by atoms with E-state index in [-0.39, 0.29) is 18.4 Å². The number of hydrogen-bond donors (Lipinski definition) is 1. The highest BCUT2D eigenvalue weighted by Gasteiger charge is 2.45. The average molecular weight is 285 g/mol. The molecule has 2 unspecified atom stereocenters. The summed E-state index contributed by atoms with van der Waals surface area (Å²) in [5.41, 5.74) is -1.05. The summed E-state index contributed by atoms with van der Waals surface area (Å²) in [5, 5.41) is 9.27. The van der Waals surface area contributed by atoms with Crippen LogP contribution in [0.1, 0.15) is 39.0 Å². The van der Waals surface area contributed by atoms with Crippen LogP contribution in [-0.4, -0.2) is 59.9 Å². The second-order valence-electron chi connectivity index (χ2n) is 5.69. The lowest BCUT2D eigenvalue weighted by molar-refractivity contribution is -0.155. The topological polar surface area (TPSA) is 76.1 Å². The van der Waals surface area contributed by atoms with Gasteiger partial charge in [-0.05, 0) is 32.6 Å². The molecule has 2 saturated heterocycles. The first-order valence-electron chi connectivity index (χ1n) is 7.27. The molecule has 0 bridgehead atoms. The molecule has 1 N–H and O–H groups in total. The summed E-state index contributed by atoms with van der Waals surface area (Å²) in [4.78, 5) is 24.9. The van der Waals surface area contributed by atoms with Gasteiger partial charge in [-0.15, -0.1) is 0 Å². The zero-order valence-electron chi connectivity index (χ0n) is 12.0. The summed E-state index contributed by atoms with van der Waals surface area (Å²) in [5.74, 6) is -1.07. The van der Waals surface area contributed by atoms with Crippen molar-refractivity contribution < 1.29 is 24.2 Å². The Morgan fingerprint density at radius 1 is 1.45 bits per heavy atom. The number of amides is 1. The highest BCUT2D eigenvalue weighted by atomic mass is 16.5. The van der Waals surface area contributed by atoms with Gasteiger partial charge >= 0.3 is 5.97 Å². The minimum atomic E-state index is -1.05. The molecule has 2 heterocycles. The van der Waals surface area contributed by atoms with E-state index in [1.807, 2.05) is 0 Å². The van der Waals surface area contributed by atoms with E-state index in [4.69, 9.17) is 9.47 Å². The third-order valence-corrected chi connectivity index (χ3v) is 4.19. The van der Waals surface area contributed by atoms with Crippen molar-refractivity contribution in [1.82, 2.24) is 4.90 Å². The highest BCUT2D eigenvalue weighted by Crippen LogP contribution is 2.29. The van der Waals surface area contributed by atoms with E-state index in [1.165, 1.54) is 4.90 Å². The Bertz CT molecular complexity index is 367. The monoisotopic (exact) mass is 285 g/mol. The zero-order valence-corrected chi connectivity index (χ0v) is 12.0. The Morgan fingerprint density at radius 3 is 2.90 bits per heavy atom. The molecule has 0 radical (unpaired) electrons. The summed E-state index contributed by atoms with van der Waals surface area (Å²) < 4.78 is 10.9. The van der Waals surface area contributed by atoms with Gasteiger partial charge in [-0.1, -0.05) is 0 Å². The number of aliphatic carboxylic acids is 1. The Balaban J connectivity index is 1.72. The molecule has 114 valence electrons. The van der Waals surface area contributed by atoms with Gasteiger partial charge in [0, 0.05) is 13.2 Å². The van der Waals surface area contributed by atoms with Gasteiger partial charge in [0.15, 0.2) is 0 Å². The molecule has 2 aliphatic heterocycles. The summed E-state index contributed by atoms with van der Waals surface area (Å²) in [6.45, 7) is 3.77. The molecule has 0 aromatic rings. The summed E-state index contributed by atoms with van der Waals surface area (Å²) >= 11 is 0. The number of carboxylic acids is 1. The predicted molar refractivity (Wildman–Crippen MR) is 71.4 cm³/mol. The van der Waals surface area contributed by atoms with E-state index < -0.39 is 11.5 Å². The standard InChI is InChI=1S/C14H23NO5/c1-14(13(17)18)6-3-7-15(14)12(16)5-9-19-10-11-4-2-8-20-11/h11H,2-10H2,1H3,(H,17,18). The smallest absolute Gasteiger partial charge is 0.329 e. The molecule has 0 aliphatic carbocycles. The summed E-state index contributed by atoms with van der Waals surface area (Å²) in [6.07, 6.45) is 3.72. The number of hydrogen-bond acceptors (Lipinski definition) is 4. The number of carbonyl (C=O) groups excluding carboxylic acids is 1. The Hall–Kier alpha value is -1.14. The van der Waals surface area contributed by atoms with E-state index in [0.717, 1.165) is 25.9 Å². The van der Waals surface area contributed by atoms with Gasteiger partial charge in [0.05, 0.1) is 25.7 Å². The van der Waals surface area contributed by atoms with Crippen molar-refractivity contribution in [2.75, 3.05) is 26.4 Å². The fraction of sp³-hybridized carbons (Fsp3) is 0.857. The number of nitrogens with zero attached hydrogens (tertiary/aromatic N) is 1. The molecule has 20 heavy (non-hydrogen) atoms. The lowest BCUT2D eigenvalue weighted by atomic mass is 9.99. The van der Waals surface area contributed by atoms with Crippen LogP contribution >= 0.6 is 0 Å². The Morgan fingerprint density at radius 2 is 2.25 bits per heavy atom. The van der Waals surface area contributed by atoms with E-state index in [2.05, 4.69) is 0 Å². The maximum Gasteiger partial charge on any atom is 0.329 e. The minimum Gasteiger partial charge on any atom is -0.480 e. The van der Waals surface area contributed by atoms with Gasteiger partial charge in [-0.3, -0.25) is 4.79 Å². The largest absolute Gasteiger partial charge is 0.480 e. The predicted octanol–water partition coefficient (Wildman–Crippen LogP) is 1.04. The van der Waals surface area contributed by atoms with Gasteiger partial charge < -0.3 is 19.5 Å². The second-order valence-corrected chi connectivity index (χ2v) is 5.69. The molecule has 1 amide bonds. The fourth-order valence-corrected chi connectivity index (χ4v) is 2.87. The first kappa shape index (κ1) is 15.3. The first-order valence-corrected chi connectivity index (χ1v) is 7.27. The van der Waals surface area contributed by atoms with Gasteiger partial charge in [0.2, 0.25) is 5.91 Å². The third kappa shape index (κ3) is 3.30. The van der Waals surface area contributed by atoms with Crippen LogP contribution < -0.4 is 0 Å². The van der Waals surface area contributed by atoms with Crippen LogP contribution in [0.15, 0.2) is 0 Å². The minimum absolute atomic E-state index is 0.139. The molecule has 0 aromatic carbocycles. The molecule has 2 aliphatic rings. The van der Waals surface area contributed by atoms with Gasteiger partial charge in [0.25, 0.3) is 0 Å². The van der Waals surface area contributed by atoms with Crippen molar-refractivity contribution in [3.8, 4) is 0 Å².